The highest BCUT2D eigenvalue weighted by molar-refractivity contribution is 5.67. The molecule has 19 heavy (non-hydrogen) atoms. The highest BCUT2D eigenvalue weighted by Crippen LogP contribution is 2.09. The Morgan fingerprint density at radius 2 is 1.95 bits per heavy atom. The molecule has 0 aliphatic heterocycles. The van der Waals surface area contributed by atoms with Crippen molar-refractivity contribution in [3.63, 3.8) is 0 Å². The van der Waals surface area contributed by atoms with E-state index in [-0.39, 0.29) is 12.7 Å². The Labute approximate surface area is 117 Å². The third kappa shape index (κ3) is 12.0. The smallest absolute Gasteiger partial charge is 0.407 e. The molecule has 0 aliphatic carbocycles. The van der Waals surface area contributed by atoms with Gasteiger partial charge in [0.25, 0.3) is 0 Å². The second-order valence-electron chi connectivity index (χ2n) is 5.80. The molecule has 0 saturated carbocycles. The van der Waals surface area contributed by atoms with Crippen molar-refractivity contribution in [3.8, 4) is 0 Å². The molecule has 0 rings (SSSR count). The summed E-state index contributed by atoms with van der Waals surface area (Å²) in [7, 11) is 0. The van der Waals surface area contributed by atoms with Crippen molar-refractivity contribution in [1.82, 2.24) is 10.6 Å². The van der Waals surface area contributed by atoms with E-state index in [0.29, 0.717) is 19.0 Å². The number of aliphatic hydroxyl groups is 1. The molecule has 5 heteroatoms. The van der Waals surface area contributed by atoms with E-state index < -0.39 is 5.60 Å². The lowest BCUT2D eigenvalue weighted by atomic mass is 10.0. The van der Waals surface area contributed by atoms with Gasteiger partial charge in [0.1, 0.15) is 5.60 Å². The number of carbonyl (C=O) groups is 1. The van der Waals surface area contributed by atoms with E-state index >= 15 is 0 Å². The molecule has 0 aromatic carbocycles. The van der Waals surface area contributed by atoms with E-state index in [1.54, 1.807) is 0 Å². The maximum absolute atomic E-state index is 11.4. The third-order valence-electron chi connectivity index (χ3n) is 2.64. The topological polar surface area (TPSA) is 70.6 Å². The summed E-state index contributed by atoms with van der Waals surface area (Å²) in [6, 6.07) is 0. The van der Waals surface area contributed by atoms with Gasteiger partial charge in [-0.3, -0.25) is 0 Å². The number of aliphatic hydroxyl groups excluding tert-OH is 1. The van der Waals surface area contributed by atoms with Crippen molar-refractivity contribution in [1.29, 1.82) is 0 Å². The largest absolute Gasteiger partial charge is 0.444 e. The average Bonchev–Trinajstić information content (AvgIpc) is 2.26. The van der Waals surface area contributed by atoms with Gasteiger partial charge in [0.2, 0.25) is 0 Å². The van der Waals surface area contributed by atoms with Crippen LogP contribution in [0.5, 0.6) is 0 Å². The molecule has 5 nitrogen and oxygen atoms in total. The Hall–Kier alpha value is -0.810. The van der Waals surface area contributed by atoms with Crippen molar-refractivity contribution in [2.45, 2.75) is 52.6 Å². The monoisotopic (exact) mass is 274 g/mol. The van der Waals surface area contributed by atoms with Crippen molar-refractivity contribution in [2.24, 2.45) is 5.92 Å². The number of amides is 1. The number of hydrogen-bond acceptors (Lipinski definition) is 4. The zero-order valence-corrected chi connectivity index (χ0v) is 12.8. The number of nitrogens with one attached hydrogen (secondary N) is 2. The van der Waals surface area contributed by atoms with Crippen molar-refractivity contribution in [2.75, 3.05) is 26.2 Å². The molecule has 0 bridgehead atoms. The molecule has 0 radical (unpaired) electrons. The maximum Gasteiger partial charge on any atom is 0.407 e. The van der Waals surface area contributed by atoms with Crippen LogP contribution < -0.4 is 10.6 Å². The Balaban J connectivity index is 3.60. The molecule has 114 valence electrons. The summed E-state index contributed by atoms with van der Waals surface area (Å²) >= 11 is 0. The standard InChI is InChI=1S/C14H30N2O3/c1-5-6-12(7-10-17)11-15-8-9-16-13(18)19-14(2,3)4/h12,15,17H,5-11H2,1-4H3,(H,16,18). The lowest BCUT2D eigenvalue weighted by Gasteiger charge is -2.20. The normalized spacial score (nSPS) is 13.1. The third-order valence-corrected chi connectivity index (χ3v) is 2.64. The van der Waals surface area contributed by atoms with Gasteiger partial charge in [-0.2, -0.15) is 0 Å². The van der Waals surface area contributed by atoms with Gasteiger partial charge < -0.3 is 20.5 Å². The van der Waals surface area contributed by atoms with E-state index in [1.807, 2.05) is 20.8 Å². The predicted molar refractivity (Wildman–Crippen MR) is 77.2 cm³/mol. The molecular weight excluding hydrogens is 244 g/mol. The number of hydrogen-bond donors (Lipinski definition) is 3. The van der Waals surface area contributed by atoms with Crippen LogP contribution in [-0.4, -0.2) is 43.0 Å². The van der Waals surface area contributed by atoms with Crippen molar-refractivity contribution < 1.29 is 14.6 Å². The van der Waals surface area contributed by atoms with E-state index in [4.69, 9.17) is 9.84 Å². The minimum atomic E-state index is -0.454. The zero-order chi connectivity index (χ0) is 14.7. The van der Waals surface area contributed by atoms with Crippen LogP contribution in [0.15, 0.2) is 0 Å². The van der Waals surface area contributed by atoms with Gasteiger partial charge in [0.15, 0.2) is 0 Å². The first-order valence-electron chi connectivity index (χ1n) is 7.17. The molecule has 0 aromatic rings. The Morgan fingerprint density at radius 3 is 2.47 bits per heavy atom. The summed E-state index contributed by atoms with van der Waals surface area (Å²) in [6.07, 6.45) is 2.70. The van der Waals surface area contributed by atoms with Gasteiger partial charge in [-0.15, -0.1) is 0 Å². The van der Waals surface area contributed by atoms with Gasteiger partial charge >= 0.3 is 6.09 Å². The van der Waals surface area contributed by atoms with Crippen LogP contribution in [0.2, 0.25) is 0 Å². The summed E-state index contributed by atoms with van der Waals surface area (Å²) in [5, 5.41) is 14.9. The molecule has 0 aliphatic rings. The molecule has 0 spiro atoms. The lowest BCUT2D eigenvalue weighted by Crippen LogP contribution is -2.37. The van der Waals surface area contributed by atoms with E-state index in [2.05, 4.69) is 17.6 Å². The van der Waals surface area contributed by atoms with Crippen molar-refractivity contribution >= 4 is 6.09 Å². The van der Waals surface area contributed by atoms with Crippen LogP contribution >= 0.6 is 0 Å². The first-order chi connectivity index (χ1) is 8.89. The average molecular weight is 274 g/mol. The summed E-state index contributed by atoms with van der Waals surface area (Å²) in [5.41, 5.74) is -0.454. The first kappa shape index (κ1) is 18.2. The van der Waals surface area contributed by atoms with Crippen LogP contribution in [0.3, 0.4) is 0 Å². The van der Waals surface area contributed by atoms with Crippen LogP contribution in [-0.2, 0) is 4.74 Å². The molecular formula is C14H30N2O3. The molecule has 1 unspecified atom stereocenters. The Bertz CT molecular complexity index is 233. The predicted octanol–water partition coefficient (Wildman–Crippen LogP) is 1.90. The fourth-order valence-corrected chi connectivity index (χ4v) is 1.81. The fraction of sp³-hybridized carbons (Fsp3) is 0.929. The summed E-state index contributed by atoms with van der Waals surface area (Å²) in [6.45, 7) is 10.1. The van der Waals surface area contributed by atoms with Crippen LogP contribution in [0.4, 0.5) is 4.79 Å². The van der Waals surface area contributed by atoms with Gasteiger partial charge in [-0.05, 0) is 46.1 Å². The van der Waals surface area contributed by atoms with Gasteiger partial charge in [-0.1, -0.05) is 13.3 Å². The number of alkyl carbamates (subject to hydrolysis) is 1. The second-order valence-corrected chi connectivity index (χ2v) is 5.80. The highest BCUT2D eigenvalue weighted by atomic mass is 16.6. The minimum Gasteiger partial charge on any atom is -0.444 e. The number of carbonyl (C=O) groups excluding carboxylic acids is 1. The Kier molecular flexibility index (Phi) is 9.61. The highest BCUT2D eigenvalue weighted by Gasteiger charge is 2.15. The maximum atomic E-state index is 11.4. The number of ether oxygens (including phenoxy) is 1. The summed E-state index contributed by atoms with van der Waals surface area (Å²) in [4.78, 5) is 11.4. The zero-order valence-electron chi connectivity index (χ0n) is 12.8. The molecule has 1 atom stereocenters. The lowest BCUT2D eigenvalue weighted by molar-refractivity contribution is 0.0528. The van der Waals surface area contributed by atoms with Gasteiger partial charge in [0, 0.05) is 19.7 Å². The van der Waals surface area contributed by atoms with Crippen LogP contribution in [0.25, 0.3) is 0 Å². The SMILES string of the molecule is CCCC(CCO)CNCCNC(=O)OC(C)(C)C. The molecule has 3 N–H and O–H groups in total. The molecule has 1 amide bonds. The fourth-order valence-electron chi connectivity index (χ4n) is 1.81. The van der Waals surface area contributed by atoms with Crippen LogP contribution in [0.1, 0.15) is 47.0 Å². The van der Waals surface area contributed by atoms with E-state index in [0.717, 1.165) is 25.8 Å². The molecule has 0 heterocycles. The van der Waals surface area contributed by atoms with Crippen molar-refractivity contribution in [3.05, 3.63) is 0 Å². The van der Waals surface area contributed by atoms with Crippen LogP contribution in [0, 0.1) is 5.92 Å². The summed E-state index contributed by atoms with van der Waals surface area (Å²) in [5.74, 6) is 0.511. The molecule has 0 fully saturated rings. The van der Waals surface area contributed by atoms with E-state index in [9.17, 15) is 4.79 Å². The molecule has 0 aromatic heterocycles. The Morgan fingerprint density at radius 1 is 1.26 bits per heavy atom. The van der Waals surface area contributed by atoms with Gasteiger partial charge in [0.05, 0.1) is 0 Å². The van der Waals surface area contributed by atoms with Gasteiger partial charge in [-0.25, -0.2) is 4.79 Å². The minimum absolute atomic E-state index is 0.239. The first-order valence-corrected chi connectivity index (χ1v) is 7.17. The summed E-state index contributed by atoms with van der Waals surface area (Å²) < 4.78 is 5.13. The van der Waals surface area contributed by atoms with E-state index in [1.165, 1.54) is 0 Å². The number of rotatable bonds is 9. The second kappa shape index (κ2) is 10.0. The quantitative estimate of drug-likeness (QED) is 0.562. The molecule has 0 saturated heterocycles.